The smallest absolute Gasteiger partial charge is 0.0632 e. The summed E-state index contributed by atoms with van der Waals surface area (Å²) in [6, 6.07) is 1.02. The zero-order chi connectivity index (χ0) is 16.9. The summed E-state index contributed by atoms with van der Waals surface area (Å²) >= 11 is 0. The highest BCUT2D eigenvalue weighted by Crippen LogP contribution is 2.15. The van der Waals surface area contributed by atoms with Crippen LogP contribution in [0.25, 0.3) is 0 Å². The highest BCUT2D eigenvalue weighted by atomic mass is 16.5. The lowest BCUT2D eigenvalue weighted by Gasteiger charge is -2.42. The van der Waals surface area contributed by atoms with Crippen LogP contribution in [-0.2, 0) is 4.74 Å². The fourth-order valence-corrected chi connectivity index (χ4v) is 3.41. The minimum absolute atomic E-state index is 0.201. The Hall–Kier alpha value is -0.240. The second kappa shape index (κ2) is 8.74. The summed E-state index contributed by atoms with van der Waals surface area (Å²) in [4.78, 5) is 4.94. The van der Waals surface area contributed by atoms with Crippen molar-refractivity contribution in [3.05, 3.63) is 0 Å². The lowest BCUT2D eigenvalue weighted by atomic mass is 10.0. The Balaban J connectivity index is 1.68. The molecule has 3 N–H and O–H groups in total. The Morgan fingerprint density at radius 1 is 1.13 bits per heavy atom. The van der Waals surface area contributed by atoms with Crippen LogP contribution < -0.4 is 10.6 Å². The van der Waals surface area contributed by atoms with Gasteiger partial charge in [-0.05, 0) is 27.7 Å². The highest BCUT2D eigenvalue weighted by molar-refractivity contribution is 4.86. The first-order valence-electron chi connectivity index (χ1n) is 9.04. The number of nitrogens with zero attached hydrogens (tertiary/aromatic N) is 2. The van der Waals surface area contributed by atoms with E-state index in [9.17, 15) is 5.11 Å². The molecule has 2 aliphatic heterocycles. The van der Waals surface area contributed by atoms with E-state index in [1.807, 2.05) is 0 Å². The summed E-state index contributed by atoms with van der Waals surface area (Å²) in [6.07, 6.45) is 0. The molecule has 0 aromatic rings. The lowest BCUT2D eigenvalue weighted by molar-refractivity contribution is 0.0172. The minimum atomic E-state index is 0.201. The molecule has 0 saturated carbocycles. The molecule has 0 spiro atoms. The van der Waals surface area contributed by atoms with E-state index in [0.717, 1.165) is 52.5 Å². The first kappa shape index (κ1) is 19.1. The molecule has 2 unspecified atom stereocenters. The number of nitrogens with one attached hydrogen (secondary N) is 2. The van der Waals surface area contributed by atoms with Crippen molar-refractivity contribution in [1.29, 1.82) is 0 Å². The Morgan fingerprint density at radius 2 is 1.83 bits per heavy atom. The standard InChI is InChI=1S/C17H36N4O2/c1-14(20-7-5-18-15(9-20)11-22)12-23-13-16-10-21(8-6-19-16)17(2,3)4/h14-16,18-19,22H,5-13H2,1-4H3/t14?,15-,16?/m1/s1. The zero-order valence-electron chi connectivity index (χ0n) is 15.3. The van der Waals surface area contributed by atoms with E-state index in [1.54, 1.807) is 0 Å². The maximum absolute atomic E-state index is 9.29. The van der Waals surface area contributed by atoms with Gasteiger partial charge in [0.25, 0.3) is 0 Å². The summed E-state index contributed by atoms with van der Waals surface area (Å²) in [5.74, 6) is 0. The predicted molar refractivity (Wildman–Crippen MR) is 93.8 cm³/mol. The Morgan fingerprint density at radius 3 is 2.52 bits per heavy atom. The predicted octanol–water partition coefficient (Wildman–Crippen LogP) is -0.270. The lowest BCUT2D eigenvalue weighted by Crippen LogP contribution is -2.58. The van der Waals surface area contributed by atoms with Crippen LogP contribution in [0.5, 0.6) is 0 Å². The average Bonchev–Trinajstić information content (AvgIpc) is 2.54. The third-order valence-electron chi connectivity index (χ3n) is 5.01. The Labute approximate surface area is 141 Å². The molecule has 2 heterocycles. The van der Waals surface area contributed by atoms with Crippen molar-refractivity contribution >= 4 is 0 Å². The van der Waals surface area contributed by atoms with Gasteiger partial charge in [0.2, 0.25) is 0 Å². The molecule has 6 heteroatoms. The van der Waals surface area contributed by atoms with Gasteiger partial charge >= 0.3 is 0 Å². The van der Waals surface area contributed by atoms with Gasteiger partial charge in [-0.1, -0.05) is 0 Å². The van der Waals surface area contributed by atoms with E-state index in [1.165, 1.54) is 0 Å². The van der Waals surface area contributed by atoms with Gasteiger partial charge in [-0.25, -0.2) is 0 Å². The van der Waals surface area contributed by atoms with E-state index in [2.05, 4.69) is 48.1 Å². The van der Waals surface area contributed by atoms with Gasteiger partial charge in [0.15, 0.2) is 0 Å². The van der Waals surface area contributed by atoms with Gasteiger partial charge in [0.05, 0.1) is 19.8 Å². The van der Waals surface area contributed by atoms with Gasteiger partial charge in [-0.2, -0.15) is 0 Å². The van der Waals surface area contributed by atoms with Crippen LogP contribution in [0, 0.1) is 0 Å². The van der Waals surface area contributed by atoms with Crippen molar-refractivity contribution in [3.8, 4) is 0 Å². The van der Waals surface area contributed by atoms with Crippen LogP contribution in [0.3, 0.4) is 0 Å². The largest absolute Gasteiger partial charge is 0.395 e. The third kappa shape index (κ3) is 5.96. The maximum atomic E-state index is 9.29. The summed E-state index contributed by atoms with van der Waals surface area (Å²) < 4.78 is 6.00. The molecule has 23 heavy (non-hydrogen) atoms. The summed E-state index contributed by atoms with van der Waals surface area (Å²) in [6.45, 7) is 16.9. The molecule has 2 fully saturated rings. The number of hydrogen-bond donors (Lipinski definition) is 3. The van der Waals surface area contributed by atoms with Crippen molar-refractivity contribution in [1.82, 2.24) is 20.4 Å². The summed E-state index contributed by atoms with van der Waals surface area (Å²) in [7, 11) is 0. The quantitative estimate of drug-likeness (QED) is 0.624. The van der Waals surface area contributed by atoms with Crippen molar-refractivity contribution in [2.75, 3.05) is 59.1 Å². The number of aliphatic hydroxyl groups excluding tert-OH is 1. The van der Waals surface area contributed by atoms with Crippen molar-refractivity contribution in [3.63, 3.8) is 0 Å². The number of aliphatic hydroxyl groups is 1. The zero-order valence-corrected chi connectivity index (χ0v) is 15.3. The topological polar surface area (TPSA) is 60.0 Å². The SMILES string of the molecule is CC(COCC1CN(C(C)(C)C)CCN1)N1CCN[C@@H](CO)C1. The van der Waals surface area contributed by atoms with E-state index >= 15 is 0 Å². The molecule has 0 bridgehead atoms. The second-order valence-corrected chi connectivity index (χ2v) is 7.98. The first-order valence-corrected chi connectivity index (χ1v) is 9.04. The van der Waals surface area contributed by atoms with Gasteiger partial charge < -0.3 is 20.5 Å². The number of hydrogen-bond acceptors (Lipinski definition) is 6. The third-order valence-corrected chi connectivity index (χ3v) is 5.01. The van der Waals surface area contributed by atoms with Crippen molar-refractivity contribution in [2.45, 2.75) is 51.4 Å². The summed E-state index contributed by atoms with van der Waals surface area (Å²) in [5, 5.41) is 16.2. The van der Waals surface area contributed by atoms with E-state index < -0.39 is 0 Å². The fourth-order valence-electron chi connectivity index (χ4n) is 3.41. The van der Waals surface area contributed by atoms with E-state index in [-0.39, 0.29) is 18.2 Å². The molecule has 6 nitrogen and oxygen atoms in total. The van der Waals surface area contributed by atoms with Gasteiger partial charge in [-0.3, -0.25) is 9.80 Å². The molecule has 0 aromatic carbocycles. The molecule has 0 aliphatic carbocycles. The van der Waals surface area contributed by atoms with Crippen LogP contribution in [0.2, 0.25) is 0 Å². The minimum Gasteiger partial charge on any atom is -0.395 e. The normalized spacial score (nSPS) is 29.6. The Kier molecular flexibility index (Phi) is 7.25. The van der Waals surface area contributed by atoms with Crippen molar-refractivity contribution in [2.24, 2.45) is 0 Å². The number of rotatable bonds is 6. The van der Waals surface area contributed by atoms with Crippen molar-refractivity contribution < 1.29 is 9.84 Å². The molecular weight excluding hydrogens is 292 g/mol. The molecule has 2 aliphatic rings. The van der Waals surface area contributed by atoms with Gasteiger partial charge in [-0.15, -0.1) is 0 Å². The van der Waals surface area contributed by atoms with E-state index in [4.69, 9.17) is 4.74 Å². The van der Waals surface area contributed by atoms with Crippen LogP contribution in [0.1, 0.15) is 27.7 Å². The number of piperazine rings is 2. The number of ether oxygens (including phenoxy) is 1. The summed E-state index contributed by atoms with van der Waals surface area (Å²) in [5.41, 5.74) is 0.230. The van der Waals surface area contributed by atoms with Crippen LogP contribution >= 0.6 is 0 Å². The molecular formula is C17H36N4O2. The molecule has 136 valence electrons. The first-order chi connectivity index (χ1) is 10.9. The monoisotopic (exact) mass is 328 g/mol. The van der Waals surface area contributed by atoms with Crippen LogP contribution in [0.15, 0.2) is 0 Å². The highest BCUT2D eigenvalue weighted by Gasteiger charge is 2.28. The molecule has 0 radical (unpaired) electrons. The molecule has 0 aromatic heterocycles. The fraction of sp³-hybridized carbons (Fsp3) is 1.00. The van der Waals surface area contributed by atoms with Gasteiger partial charge in [0.1, 0.15) is 0 Å². The maximum Gasteiger partial charge on any atom is 0.0632 e. The van der Waals surface area contributed by atoms with E-state index in [0.29, 0.717) is 12.1 Å². The molecule has 2 saturated heterocycles. The average molecular weight is 329 g/mol. The molecule has 3 atom stereocenters. The van der Waals surface area contributed by atoms with Gasteiger partial charge in [0, 0.05) is 62.9 Å². The van der Waals surface area contributed by atoms with Crippen LogP contribution in [0.4, 0.5) is 0 Å². The Bertz CT molecular complexity index is 348. The molecule has 2 rings (SSSR count). The second-order valence-electron chi connectivity index (χ2n) is 7.98. The molecule has 0 amide bonds. The van der Waals surface area contributed by atoms with Crippen LogP contribution in [-0.4, -0.2) is 97.7 Å².